The van der Waals surface area contributed by atoms with Crippen molar-refractivity contribution >= 4 is 0 Å². The molecule has 0 amide bonds. The number of hydrogen-bond donors (Lipinski definition) is 1. The maximum Gasteiger partial charge on any atom is 1.00 e. The average molecular weight is 218 g/mol. The van der Waals surface area contributed by atoms with Gasteiger partial charge >= 0.3 is 18.9 Å². The number of nitrogens with zero attached hydrogens (tertiary/aromatic N) is 1. The summed E-state index contributed by atoms with van der Waals surface area (Å²) in [5, 5.41) is 0. The van der Waals surface area contributed by atoms with Gasteiger partial charge in [-0.2, -0.15) is 0 Å². The number of nitrogens with one attached hydrogen (secondary N) is 1. The maximum atomic E-state index is 11.3. The third kappa shape index (κ3) is 4.40. The van der Waals surface area contributed by atoms with Crippen LogP contribution in [0, 0.1) is 13.1 Å². The van der Waals surface area contributed by atoms with E-state index in [9.17, 15) is 9.59 Å². The molecule has 1 N–H and O–H groups in total. The molecular weight excluding hydrogens is 203 g/mol. The third-order valence-corrected chi connectivity index (χ3v) is 1.97. The quantitative estimate of drug-likeness (QED) is 0.335. The zero-order chi connectivity index (χ0) is 11.3. The molecule has 0 bridgehead atoms. The predicted octanol–water partition coefficient (Wildman–Crippen LogP) is -2.58. The van der Waals surface area contributed by atoms with E-state index in [1.54, 1.807) is 6.92 Å². The van der Waals surface area contributed by atoms with E-state index in [2.05, 4.69) is 18.1 Å². The van der Waals surface area contributed by atoms with Crippen LogP contribution in [0.2, 0.25) is 0 Å². The number of ether oxygens (including phenoxy) is 1. The van der Waals surface area contributed by atoms with Crippen molar-refractivity contribution in [3.63, 3.8) is 0 Å². The maximum absolute atomic E-state index is 11.3. The van der Waals surface area contributed by atoms with Gasteiger partial charge in [-0.25, -0.2) is 0 Å². The number of unbranched alkanes of at least 4 members (excludes halogenated alkanes) is 1. The van der Waals surface area contributed by atoms with Crippen LogP contribution in [0.25, 0.3) is 0 Å². The van der Waals surface area contributed by atoms with Crippen molar-refractivity contribution in [2.45, 2.75) is 33.4 Å². The molecule has 0 unspecified atom stereocenters. The Morgan fingerprint density at radius 1 is 1.44 bits per heavy atom. The number of aryl methyl sites for hydroxylation is 1. The summed E-state index contributed by atoms with van der Waals surface area (Å²) < 4.78 is 6.47. The van der Waals surface area contributed by atoms with Gasteiger partial charge < -0.3 is 23.9 Å². The fraction of sp³-hybridized carbons (Fsp3) is 0.600. The number of H-pyrrole nitrogens is 1. The Morgan fingerprint density at radius 3 is 2.75 bits per heavy atom. The van der Waals surface area contributed by atoms with E-state index >= 15 is 0 Å². The zero-order valence-corrected chi connectivity index (χ0v) is 10.0. The molecule has 0 saturated heterocycles. The molecule has 6 heteroatoms. The molecule has 0 radical (unpaired) electrons. The third-order valence-electron chi connectivity index (χ3n) is 1.97. The first-order chi connectivity index (χ1) is 7.15. The average Bonchev–Trinajstić information content (AvgIpc) is 2.20. The van der Waals surface area contributed by atoms with E-state index in [1.807, 2.05) is 0 Å². The summed E-state index contributed by atoms with van der Waals surface area (Å²) in [5.41, 5.74) is -0.499. The van der Waals surface area contributed by atoms with Crippen LogP contribution >= 0.6 is 0 Å². The van der Waals surface area contributed by atoms with Crippen LogP contribution in [0.1, 0.15) is 25.3 Å². The van der Waals surface area contributed by atoms with E-state index in [4.69, 9.17) is 4.74 Å². The summed E-state index contributed by atoms with van der Waals surface area (Å²) in [6.07, 6.45) is 4.66. The first kappa shape index (κ1) is 15.2. The van der Waals surface area contributed by atoms with Gasteiger partial charge in [0.2, 0.25) is 5.69 Å². The van der Waals surface area contributed by atoms with E-state index in [0.717, 1.165) is 12.8 Å². The molecule has 16 heavy (non-hydrogen) atoms. The fourth-order valence-electron chi connectivity index (χ4n) is 1.06. The van der Waals surface area contributed by atoms with Gasteiger partial charge in [-0.15, -0.1) is 0 Å². The Balaban J connectivity index is 0.00000225. The molecular formula is C10H15LiN2O3. The molecule has 0 atom stereocenters. The minimum absolute atomic E-state index is 0. The Bertz CT molecular complexity index is 425. The van der Waals surface area contributed by atoms with Gasteiger partial charge in [0.15, 0.2) is 0 Å². The smallest absolute Gasteiger partial charge is 0.388 e. The van der Waals surface area contributed by atoms with Crippen molar-refractivity contribution in [3.8, 4) is 0 Å². The van der Waals surface area contributed by atoms with Gasteiger partial charge in [0.1, 0.15) is 12.3 Å². The van der Waals surface area contributed by atoms with E-state index in [1.165, 1.54) is 4.57 Å². The zero-order valence-electron chi connectivity index (χ0n) is 10.0. The summed E-state index contributed by atoms with van der Waals surface area (Å²) in [5.74, 6) is 0. The molecule has 1 aromatic heterocycles. The van der Waals surface area contributed by atoms with Crippen LogP contribution < -0.4 is 30.1 Å². The Labute approximate surface area is 106 Å². The van der Waals surface area contributed by atoms with Crippen LogP contribution in [0.5, 0.6) is 0 Å². The largest absolute Gasteiger partial charge is 1.00 e. The summed E-state index contributed by atoms with van der Waals surface area (Å²) >= 11 is 0. The first-order valence-electron chi connectivity index (χ1n) is 4.96. The van der Waals surface area contributed by atoms with Gasteiger partial charge in [-0.05, 0) is 6.42 Å². The molecule has 0 aromatic carbocycles. The second kappa shape index (κ2) is 7.50. The first-order valence-corrected chi connectivity index (χ1v) is 4.96. The van der Waals surface area contributed by atoms with Crippen LogP contribution in [0.4, 0.5) is 0 Å². The van der Waals surface area contributed by atoms with Crippen LogP contribution in [-0.2, 0) is 11.5 Å². The number of aromatic nitrogens is 2. The molecule has 0 spiro atoms. The normalized spacial score (nSPS) is 9.88. The van der Waals surface area contributed by atoms with Crippen molar-refractivity contribution in [3.05, 3.63) is 32.6 Å². The number of rotatable bonds is 5. The second-order valence-corrected chi connectivity index (χ2v) is 3.32. The molecule has 0 aliphatic rings. The summed E-state index contributed by atoms with van der Waals surface area (Å²) in [6.45, 7) is 4.40. The van der Waals surface area contributed by atoms with Gasteiger partial charge in [0.25, 0.3) is 0 Å². The van der Waals surface area contributed by atoms with Crippen molar-refractivity contribution < 1.29 is 23.6 Å². The molecule has 5 nitrogen and oxygen atoms in total. The molecule has 1 aromatic rings. The fourth-order valence-corrected chi connectivity index (χ4v) is 1.06. The minimum atomic E-state index is -0.484. The number of hydrogen-bond acceptors (Lipinski definition) is 3. The van der Waals surface area contributed by atoms with Crippen molar-refractivity contribution in [2.24, 2.45) is 0 Å². The SMILES string of the molecule is CCCCOCn1[c-]c(C)c(=O)[nH]c1=O.[Li+]. The minimum Gasteiger partial charge on any atom is -0.388 e. The van der Waals surface area contributed by atoms with Gasteiger partial charge in [0.05, 0.1) is 0 Å². The topological polar surface area (TPSA) is 64.1 Å². The molecule has 0 aliphatic carbocycles. The Kier molecular flexibility index (Phi) is 7.14. The molecule has 0 fully saturated rings. The summed E-state index contributed by atoms with van der Waals surface area (Å²) in [6, 6.07) is 0. The van der Waals surface area contributed by atoms with Crippen molar-refractivity contribution in [2.75, 3.05) is 6.61 Å². The van der Waals surface area contributed by atoms with Gasteiger partial charge in [-0.1, -0.05) is 32.0 Å². The predicted molar refractivity (Wildman–Crippen MR) is 55.8 cm³/mol. The van der Waals surface area contributed by atoms with Crippen molar-refractivity contribution in [1.82, 2.24) is 9.55 Å². The van der Waals surface area contributed by atoms with E-state index in [-0.39, 0.29) is 25.6 Å². The molecule has 1 heterocycles. The molecule has 0 aliphatic heterocycles. The van der Waals surface area contributed by atoms with Crippen LogP contribution in [0.3, 0.4) is 0 Å². The van der Waals surface area contributed by atoms with Crippen molar-refractivity contribution in [1.29, 1.82) is 0 Å². The van der Waals surface area contributed by atoms with E-state index < -0.39 is 11.2 Å². The molecule has 84 valence electrons. The second-order valence-electron chi connectivity index (χ2n) is 3.32. The molecule has 0 saturated carbocycles. The van der Waals surface area contributed by atoms with Crippen LogP contribution in [-0.4, -0.2) is 16.2 Å². The van der Waals surface area contributed by atoms with Gasteiger partial charge in [-0.3, -0.25) is 0 Å². The Morgan fingerprint density at radius 2 is 2.12 bits per heavy atom. The molecule has 1 rings (SSSR count). The van der Waals surface area contributed by atoms with Gasteiger partial charge in [0, 0.05) is 6.61 Å². The van der Waals surface area contributed by atoms with E-state index in [0.29, 0.717) is 12.2 Å². The summed E-state index contributed by atoms with van der Waals surface area (Å²) in [4.78, 5) is 24.5. The number of aromatic amines is 1. The standard InChI is InChI=1S/C10H15N2O3.Li/c1-3-4-5-15-7-12-6-8(2)9(13)11-10(12)14;/h3-5,7H2,1-2H3,(H,11,13,14);/q-1;+1. The monoisotopic (exact) mass is 218 g/mol. The Hall–Kier alpha value is -0.763. The summed E-state index contributed by atoms with van der Waals surface area (Å²) in [7, 11) is 0. The van der Waals surface area contributed by atoms with Crippen LogP contribution in [0.15, 0.2) is 9.59 Å².